The molecule has 2 heterocycles. The van der Waals surface area contributed by atoms with E-state index in [1.807, 2.05) is 36.4 Å². The SMILES string of the molecule is CCCCOc1ccccc1[C@@H]1CC(=O)Nc2cc3c(cc21)OCCO3. The number of ether oxygens (including phenoxy) is 3. The van der Waals surface area contributed by atoms with Crippen LogP contribution in [0.25, 0.3) is 0 Å². The fourth-order valence-electron chi connectivity index (χ4n) is 3.50. The average molecular weight is 353 g/mol. The second-order valence-corrected chi connectivity index (χ2v) is 6.63. The molecule has 0 fully saturated rings. The van der Waals surface area contributed by atoms with Crippen LogP contribution in [-0.2, 0) is 4.79 Å². The molecule has 4 rings (SSSR count). The van der Waals surface area contributed by atoms with Gasteiger partial charge in [-0.3, -0.25) is 4.79 Å². The van der Waals surface area contributed by atoms with Crippen LogP contribution in [0.2, 0.25) is 0 Å². The van der Waals surface area contributed by atoms with E-state index < -0.39 is 0 Å². The Morgan fingerprint density at radius 1 is 1.12 bits per heavy atom. The monoisotopic (exact) mass is 353 g/mol. The Morgan fingerprint density at radius 3 is 2.69 bits per heavy atom. The molecular formula is C21H23NO4. The van der Waals surface area contributed by atoms with E-state index in [1.54, 1.807) is 0 Å². The molecule has 136 valence electrons. The van der Waals surface area contributed by atoms with E-state index in [2.05, 4.69) is 12.2 Å². The molecule has 26 heavy (non-hydrogen) atoms. The van der Waals surface area contributed by atoms with Gasteiger partial charge in [0.1, 0.15) is 19.0 Å². The minimum Gasteiger partial charge on any atom is -0.493 e. The molecule has 5 nitrogen and oxygen atoms in total. The maximum absolute atomic E-state index is 12.3. The molecule has 0 radical (unpaired) electrons. The number of fused-ring (bicyclic) bond motifs is 2. The maximum atomic E-state index is 12.3. The Hall–Kier alpha value is -2.69. The summed E-state index contributed by atoms with van der Waals surface area (Å²) in [5.41, 5.74) is 2.87. The zero-order valence-corrected chi connectivity index (χ0v) is 14.9. The van der Waals surface area contributed by atoms with Gasteiger partial charge in [-0.2, -0.15) is 0 Å². The van der Waals surface area contributed by atoms with Gasteiger partial charge < -0.3 is 19.5 Å². The normalized spacial score (nSPS) is 18.0. The van der Waals surface area contributed by atoms with Gasteiger partial charge in [0.05, 0.1) is 6.61 Å². The van der Waals surface area contributed by atoms with E-state index in [1.165, 1.54) is 0 Å². The van der Waals surface area contributed by atoms with E-state index in [9.17, 15) is 4.79 Å². The van der Waals surface area contributed by atoms with Gasteiger partial charge in [0.2, 0.25) is 5.91 Å². The Morgan fingerprint density at radius 2 is 1.88 bits per heavy atom. The highest BCUT2D eigenvalue weighted by atomic mass is 16.6. The molecule has 2 aromatic rings. The zero-order chi connectivity index (χ0) is 17.9. The number of rotatable bonds is 5. The third kappa shape index (κ3) is 3.21. The van der Waals surface area contributed by atoms with Crippen LogP contribution in [0, 0.1) is 0 Å². The third-order valence-corrected chi connectivity index (χ3v) is 4.80. The molecule has 0 spiro atoms. The highest BCUT2D eigenvalue weighted by Crippen LogP contribution is 2.45. The minimum atomic E-state index is -0.0626. The van der Waals surface area contributed by atoms with Gasteiger partial charge in [-0.05, 0) is 24.1 Å². The number of hydrogen-bond acceptors (Lipinski definition) is 4. The first-order valence-electron chi connectivity index (χ1n) is 9.21. The van der Waals surface area contributed by atoms with Crippen molar-refractivity contribution in [2.75, 3.05) is 25.1 Å². The van der Waals surface area contributed by atoms with Crippen molar-refractivity contribution < 1.29 is 19.0 Å². The summed E-state index contributed by atoms with van der Waals surface area (Å²) in [6.07, 6.45) is 2.48. The number of anilines is 1. The number of para-hydroxylation sites is 1. The Kier molecular flexibility index (Phi) is 4.69. The molecule has 5 heteroatoms. The first kappa shape index (κ1) is 16.8. The topological polar surface area (TPSA) is 56.8 Å². The fourth-order valence-corrected chi connectivity index (χ4v) is 3.50. The van der Waals surface area contributed by atoms with Crippen LogP contribution >= 0.6 is 0 Å². The van der Waals surface area contributed by atoms with E-state index in [4.69, 9.17) is 14.2 Å². The summed E-state index contributed by atoms with van der Waals surface area (Å²) in [7, 11) is 0. The zero-order valence-electron chi connectivity index (χ0n) is 14.9. The summed E-state index contributed by atoms with van der Waals surface area (Å²) in [4.78, 5) is 12.3. The van der Waals surface area contributed by atoms with E-state index in [-0.39, 0.29) is 11.8 Å². The van der Waals surface area contributed by atoms with E-state index >= 15 is 0 Å². The van der Waals surface area contributed by atoms with Gasteiger partial charge >= 0.3 is 0 Å². The van der Waals surface area contributed by atoms with Crippen LogP contribution in [0.5, 0.6) is 17.2 Å². The Labute approximate surface area is 153 Å². The quantitative estimate of drug-likeness (QED) is 0.822. The van der Waals surface area contributed by atoms with E-state index in [0.29, 0.717) is 32.0 Å². The molecule has 2 aliphatic heterocycles. The highest BCUT2D eigenvalue weighted by Gasteiger charge is 2.31. The van der Waals surface area contributed by atoms with Gasteiger partial charge in [0.25, 0.3) is 0 Å². The van der Waals surface area contributed by atoms with Crippen molar-refractivity contribution in [1.82, 2.24) is 0 Å². The fraction of sp³-hybridized carbons (Fsp3) is 0.381. The molecule has 0 unspecified atom stereocenters. The molecule has 0 bridgehead atoms. The number of nitrogens with one attached hydrogen (secondary N) is 1. The molecule has 2 aliphatic rings. The first-order valence-corrected chi connectivity index (χ1v) is 9.21. The largest absolute Gasteiger partial charge is 0.493 e. The van der Waals surface area contributed by atoms with Gasteiger partial charge in [-0.1, -0.05) is 31.5 Å². The van der Waals surface area contributed by atoms with Crippen molar-refractivity contribution in [3.63, 3.8) is 0 Å². The molecule has 2 aromatic carbocycles. The number of amides is 1. The number of benzene rings is 2. The van der Waals surface area contributed by atoms with Crippen LogP contribution in [0.3, 0.4) is 0 Å². The number of carbonyl (C=O) groups is 1. The van der Waals surface area contributed by atoms with Crippen LogP contribution < -0.4 is 19.5 Å². The van der Waals surface area contributed by atoms with Crippen LogP contribution in [-0.4, -0.2) is 25.7 Å². The minimum absolute atomic E-state index is 0.00235. The Balaban J connectivity index is 1.73. The molecular weight excluding hydrogens is 330 g/mol. The second kappa shape index (κ2) is 7.28. The van der Waals surface area contributed by atoms with Gasteiger partial charge in [-0.15, -0.1) is 0 Å². The van der Waals surface area contributed by atoms with Crippen molar-refractivity contribution in [3.8, 4) is 17.2 Å². The summed E-state index contributed by atoms with van der Waals surface area (Å²) in [5, 5.41) is 2.97. The molecule has 0 saturated carbocycles. The Bertz CT molecular complexity index is 818. The lowest BCUT2D eigenvalue weighted by molar-refractivity contribution is -0.116. The maximum Gasteiger partial charge on any atom is 0.225 e. The predicted molar refractivity (Wildman–Crippen MR) is 99.4 cm³/mol. The lowest BCUT2D eigenvalue weighted by Crippen LogP contribution is -2.25. The van der Waals surface area contributed by atoms with Crippen molar-refractivity contribution >= 4 is 11.6 Å². The van der Waals surface area contributed by atoms with Crippen molar-refractivity contribution in [2.45, 2.75) is 32.1 Å². The van der Waals surface area contributed by atoms with Crippen molar-refractivity contribution in [3.05, 3.63) is 47.5 Å². The van der Waals surface area contributed by atoms with Gasteiger partial charge in [-0.25, -0.2) is 0 Å². The van der Waals surface area contributed by atoms with Crippen molar-refractivity contribution in [2.24, 2.45) is 0 Å². The summed E-state index contributed by atoms with van der Waals surface area (Å²) in [6.45, 7) is 3.89. The number of hydrogen-bond donors (Lipinski definition) is 1. The summed E-state index contributed by atoms with van der Waals surface area (Å²) >= 11 is 0. The molecule has 0 saturated heterocycles. The second-order valence-electron chi connectivity index (χ2n) is 6.63. The molecule has 1 N–H and O–H groups in total. The van der Waals surface area contributed by atoms with Gasteiger partial charge in [0, 0.05) is 29.7 Å². The lowest BCUT2D eigenvalue weighted by Gasteiger charge is -2.29. The summed E-state index contributed by atoms with van der Waals surface area (Å²) < 4.78 is 17.4. The number of unbranched alkanes of at least 4 members (excludes halogenated alkanes) is 1. The predicted octanol–water partition coefficient (Wildman–Crippen LogP) is 4.11. The molecule has 0 aliphatic carbocycles. The third-order valence-electron chi connectivity index (χ3n) is 4.80. The van der Waals surface area contributed by atoms with Crippen molar-refractivity contribution in [1.29, 1.82) is 0 Å². The van der Waals surface area contributed by atoms with Crippen LogP contribution in [0.4, 0.5) is 5.69 Å². The number of carbonyl (C=O) groups excluding carboxylic acids is 1. The lowest BCUT2D eigenvalue weighted by atomic mass is 9.84. The van der Waals surface area contributed by atoms with Gasteiger partial charge in [0.15, 0.2) is 11.5 Å². The molecule has 1 atom stereocenters. The smallest absolute Gasteiger partial charge is 0.225 e. The first-order chi connectivity index (χ1) is 12.8. The summed E-state index contributed by atoms with van der Waals surface area (Å²) in [6, 6.07) is 11.9. The highest BCUT2D eigenvalue weighted by molar-refractivity contribution is 5.96. The van der Waals surface area contributed by atoms with Crippen LogP contribution in [0.15, 0.2) is 36.4 Å². The standard InChI is InChI=1S/C21H23NO4/c1-2-3-8-24-18-7-5-4-6-14(18)15-12-21(23)22-17-13-20-19(11-16(15)17)25-9-10-26-20/h4-7,11,13,15H,2-3,8-10,12H2,1H3,(H,22,23)/t15-/m0/s1. The molecule has 1 amide bonds. The van der Waals surface area contributed by atoms with E-state index in [0.717, 1.165) is 41.2 Å². The molecule has 0 aromatic heterocycles. The average Bonchev–Trinajstić information content (AvgIpc) is 2.66. The summed E-state index contributed by atoms with van der Waals surface area (Å²) in [5.74, 6) is 2.21. The van der Waals surface area contributed by atoms with Crippen LogP contribution in [0.1, 0.15) is 43.2 Å².